The van der Waals surface area contributed by atoms with Crippen molar-refractivity contribution in [2.45, 2.75) is 18.8 Å². The van der Waals surface area contributed by atoms with Gasteiger partial charge in [-0.1, -0.05) is 48.5 Å². The van der Waals surface area contributed by atoms with Crippen molar-refractivity contribution in [3.8, 4) is 0 Å². The molecule has 2 fully saturated rings. The summed E-state index contributed by atoms with van der Waals surface area (Å²) in [7, 11) is 1.74. The molecule has 3 N–H and O–H groups in total. The van der Waals surface area contributed by atoms with Crippen LogP contribution in [0.1, 0.15) is 23.6 Å². The first-order chi connectivity index (χ1) is 18.9. The van der Waals surface area contributed by atoms with Gasteiger partial charge in [-0.2, -0.15) is 10.4 Å². The summed E-state index contributed by atoms with van der Waals surface area (Å²) in [5, 5.41) is 2.94. The Hall–Kier alpha value is -4.48. The highest BCUT2D eigenvalue weighted by Gasteiger charge is 2.41. The second-order valence-electron chi connectivity index (χ2n) is 9.64. The van der Waals surface area contributed by atoms with Gasteiger partial charge in [-0.25, -0.2) is 4.99 Å². The Morgan fingerprint density at radius 2 is 1.74 bits per heavy atom. The highest BCUT2D eigenvalue weighted by molar-refractivity contribution is 6.19. The number of hydrogen-bond donors (Lipinski definition) is 3. The molecule has 11 nitrogen and oxygen atoms in total. The number of anilines is 2. The van der Waals surface area contributed by atoms with Crippen LogP contribution in [0, 0.1) is 0 Å². The molecular weight excluding hydrogens is 498 g/mol. The molecule has 0 bridgehead atoms. The molecule has 1 amide bonds. The Labute approximate surface area is 225 Å². The first kappa shape index (κ1) is 24.8. The highest BCUT2D eigenvalue weighted by atomic mass is 16.6. The van der Waals surface area contributed by atoms with E-state index in [2.05, 4.69) is 26.1 Å². The first-order valence-electron chi connectivity index (χ1n) is 12.8. The quantitative estimate of drug-likeness (QED) is 0.472. The number of amidine groups is 1. The molecule has 0 radical (unpaired) electrons. The van der Waals surface area contributed by atoms with Crippen molar-refractivity contribution in [1.29, 1.82) is 0 Å². The van der Waals surface area contributed by atoms with Crippen LogP contribution in [0.15, 0.2) is 81.5 Å². The van der Waals surface area contributed by atoms with Crippen LogP contribution in [0.4, 0.5) is 11.5 Å². The Balaban J connectivity index is 1.35. The molecule has 0 aliphatic carbocycles. The van der Waals surface area contributed by atoms with Crippen LogP contribution in [0.5, 0.6) is 0 Å². The average Bonchev–Trinajstić information content (AvgIpc) is 3.28. The van der Waals surface area contributed by atoms with E-state index in [0.29, 0.717) is 37.7 Å². The number of aliphatic imine (C=N–C) groups is 2. The van der Waals surface area contributed by atoms with E-state index in [1.807, 2.05) is 61.5 Å². The van der Waals surface area contributed by atoms with Crippen molar-refractivity contribution >= 4 is 29.1 Å². The van der Waals surface area contributed by atoms with Crippen molar-refractivity contribution in [3.05, 3.63) is 93.8 Å². The minimum Gasteiger partial charge on any atom is -0.437 e. The molecule has 2 aromatic carbocycles. The number of carbonyl (C=O) groups is 1. The van der Waals surface area contributed by atoms with Crippen LogP contribution in [0.2, 0.25) is 0 Å². The summed E-state index contributed by atoms with van der Waals surface area (Å²) in [5.74, 6) is 0.354. The summed E-state index contributed by atoms with van der Waals surface area (Å²) in [6, 6.07) is 20.6. The molecular formula is C28H29N7O4. The number of aromatic nitrogens is 1. The number of morpholine rings is 1. The molecule has 4 heterocycles. The number of nitrogens with one attached hydrogen (secondary N) is 3. The van der Waals surface area contributed by atoms with Gasteiger partial charge < -0.3 is 19.7 Å². The number of carbonyl (C=O) groups excluding carboxylic acids is 1. The number of hydrogen-bond acceptors (Lipinski definition) is 8. The van der Waals surface area contributed by atoms with Crippen molar-refractivity contribution in [2.24, 2.45) is 17.0 Å². The second-order valence-corrected chi connectivity index (χ2v) is 9.64. The summed E-state index contributed by atoms with van der Waals surface area (Å²) >= 11 is 0. The summed E-state index contributed by atoms with van der Waals surface area (Å²) in [4.78, 5) is 37.2. The Bertz CT molecular complexity index is 1530. The minimum atomic E-state index is -1.10. The smallest absolute Gasteiger partial charge is 0.304 e. The first-order valence-corrected chi connectivity index (χ1v) is 12.8. The summed E-state index contributed by atoms with van der Waals surface area (Å²) in [6.07, 6.45) is -1.10. The zero-order chi connectivity index (χ0) is 27.0. The fourth-order valence-corrected chi connectivity index (χ4v) is 5.03. The maximum absolute atomic E-state index is 13.2. The normalized spacial score (nSPS) is 23.8. The summed E-state index contributed by atoms with van der Waals surface area (Å²) < 4.78 is 13.4. The van der Waals surface area contributed by atoms with Gasteiger partial charge in [0.25, 0.3) is 11.5 Å². The standard InChI is InChI=1S/C28H29N7O4/c1-28(20-12-13-22(36)34(2)26(20)35-14-16-38-17-15-35)33-32-27(39-28)31-24-25(37)29-21-11-7-6-10-19(21)23(30-24)18-8-4-3-5-9-18/h3-13,24,33H,14-17H2,1-2H3,(H,29,37)(H,31,32)/t24-,28?/m1/s1. The maximum atomic E-state index is 13.2. The zero-order valence-corrected chi connectivity index (χ0v) is 21.7. The van der Waals surface area contributed by atoms with Gasteiger partial charge >= 0.3 is 6.02 Å². The molecule has 6 rings (SSSR count). The largest absolute Gasteiger partial charge is 0.437 e. The van der Waals surface area contributed by atoms with E-state index in [1.54, 1.807) is 17.7 Å². The number of nitrogens with zero attached hydrogens (tertiary/aromatic N) is 4. The van der Waals surface area contributed by atoms with Crippen LogP contribution in [-0.4, -0.2) is 54.7 Å². The Kier molecular flexibility index (Phi) is 6.37. The zero-order valence-electron chi connectivity index (χ0n) is 21.7. The average molecular weight is 528 g/mol. The van der Waals surface area contributed by atoms with Crippen molar-refractivity contribution in [2.75, 3.05) is 36.5 Å². The number of amides is 1. The fraction of sp³-hybridized carbons (Fsp3) is 0.286. The third-order valence-corrected chi connectivity index (χ3v) is 7.03. The van der Waals surface area contributed by atoms with E-state index in [9.17, 15) is 9.59 Å². The number of para-hydroxylation sites is 1. The lowest BCUT2D eigenvalue weighted by Gasteiger charge is -2.35. The minimum absolute atomic E-state index is 0.113. The molecule has 3 aromatic rings. The number of pyridine rings is 1. The summed E-state index contributed by atoms with van der Waals surface area (Å²) in [6.45, 7) is 4.27. The maximum Gasteiger partial charge on any atom is 0.304 e. The van der Waals surface area contributed by atoms with Crippen LogP contribution in [0.25, 0.3) is 0 Å². The number of fused-ring (bicyclic) bond motifs is 1. The van der Waals surface area contributed by atoms with Gasteiger partial charge in [0.1, 0.15) is 5.82 Å². The molecule has 1 aromatic heterocycles. The van der Waals surface area contributed by atoms with E-state index in [4.69, 9.17) is 14.5 Å². The molecule has 200 valence electrons. The number of benzodiazepines with no additional fused rings is 1. The number of ether oxygens (including phenoxy) is 2. The van der Waals surface area contributed by atoms with Crippen molar-refractivity contribution in [3.63, 3.8) is 0 Å². The predicted octanol–water partition coefficient (Wildman–Crippen LogP) is 1.69. The van der Waals surface area contributed by atoms with Crippen LogP contribution in [0.3, 0.4) is 0 Å². The topological polar surface area (TPSA) is 122 Å². The van der Waals surface area contributed by atoms with E-state index in [-0.39, 0.29) is 17.5 Å². The van der Waals surface area contributed by atoms with Gasteiger partial charge in [0.15, 0.2) is 0 Å². The predicted molar refractivity (Wildman–Crippen MR) is 148 cm³/mol. The van der Waals surface area contributed by atoms with E-state index >= 15 is 0 Å². The van der Waals surface area contributed by atoms with E-state index in [0.717, 1.165) is 22.5 Å². The monoisotopic (exact) mass is 527 g/mol. The second kappa shape index (κ2) is 10.0. The lowest BCUT2D eigenvalue weighted by Crippen LogP contribution is -2.45. The molecule has 2 saturated heterocycles. The lowest BCUT2D eigenvalue weighted by molar-refractivity contribution is -0.117. The molecule has 0 spiro atoms. The number of benzene rings is 2. The molecule has 0 saturated carbocycles. The number of hydrazine groups is 1. The fourth-order valence-electron chi connectivity index (χ4n) is 5.03. The SMILES string of the molecule is Cn1c(N2CCOCC2)c(C2(C)NN/C(=N\[C@H]3N=C(c4ccccc4)c4ccccc4NC3=O)O2)ccc1=O. The van der Waals surface area contributed by atoms with Gasteiger partial charge in [-0.05, 0) is 19.1 Å². The molecule has 3 aliphatic rings. The van der Waals surface area contributed by atoms with Gasteiger partial charge in [-0.3, -0.25) is 19.6 Å². The summed E-state index contributed by atoms with van der Waals surface area (Å²) in [5.41, 5.74) is 8.66. The van der Waals surface area contributed by atoms with Crippen LogP contribution < -0.4 is 26.6 Å². The van der Waals surface area contributed by atoms with Crippen LogP contribution >= 0.6 is 0 Å². The third kappa shape index (κ3) is 4.66. The van der Waals surface area contributed by atoms with Gasteiger partial charge in [0.2, 0.25) is 11.9 Å². The van der Waals surface area contributed by atoms with E-state index < -0.39 is 11.9 Å². The van der Waals surface area contributed by atoms with Gasteiger partial charge in [-0.15, -0.1) is 0 Å². The van der Waals surface area contributed by atoms with Crippen molar-refractivity contribution < 1.29 is 14.3 Å². The molecule has 11 heteroatoms. The molecule has 1 unspecified atom stereocenters. The van der Waals surface area contributed by atoms with Gasteiger partial charge in [0, 0.05) is 37.3 Å². The Morgan fingerprint density at radius 3 is 2.54 bits per heavy atom. The van der Waals surface area contributed by atoms with Crippen LogP contribution in [-0.2, 0) is 27.0 Å². The lowest BCUT2D eigenvalue weighted by atomic mass is 10.0. The van der Waals surface area contributed by atoms with E-state index in [1.165, 1.54) is 6.07 Å². The Morgan fingerprint density at radius 1 is 1.00 bits per heavy atom. The third-order valence-electron chi connectivity index (χ3n) is 7.03. The molecule has 39 heavy (non-hydrogen) atoms. The molecule has 2 atom stereocenters. The molecule has 3 aliphatic heterocycles. The van der Waals surface area contributed by atoms with Crippen molar-refractivity contribution in [1.82, 2.24) is 15.4 Å². The highest BCUT2D eigenvalue weighted by Crippen LogP contribution is 2.33. The number of rotatable bonds is 4. The van der Waals surface area contributed by atoms with Gasteiger partial charge in [0.05, 0.1) is 30.2 Å².